The van der Waals surface area contributed by atoms with Crippen LogP contribution in [-0.4, -0.2) is 44.2 Å². The zero-order valence-electron chi connectivity index (χ0n) is 14.8. The molecule has 0 amide bonds. The first-order valence-electron chi connectivity index (χ1n) is 8.67. The van der Waals surface area contributed by atoms with E-state index >= 15 is 0 Å². The van der Waals surface area contributed by atoms with Gasteiger partial charge in [-0.1, -0.05) is 12.1 Å². The lowest BCUT2D eigenvalue weighted by atomic mass is 10.1. The third-order valence-electron chi connectivity index (χ3n) is 4.16. The molecule has 0 saturated heterocycles. The Morgan fingerprint density at radius 2 is 1.96 bits per heavy atom. The Hall–Kier alpha value is -2.49. The fourth-order valence-corrected chi connectivity index (χ4v) is 2.73. The molecule has 0 aliphatic heterocycles. The van der Waals surface area contributed by atoms with Gasteiger partial charge in [-0.05, 0) is 47.9 Å². The average Bonchev–Trinajstić information content (AvgIpc) is 3.34. The van der Waals surface area contributed by atoms with Crippen LogP contribution in [0.5, 0.6) is 0 Å². The summed E-state index contributed by atoms with van der Waals surface area (Å²) >= 11 is 0. The van der Waals surface area contributed by atoms with Crippen LogP contribution in [0.3, 0.4) is 0 Å². The number of nitrogens with zero attached hydrogens (tertiary/aromatic N) is 5. The highest BCUT2D eigenvalue weighted by Crippen LogP contribution is 2.34. The highest BCUT2D eigenvalue weighted by molar-refractivity contribution is 5.71. The summed E-state index contributed by atoms with van der Waals surface area (Å²) in [6.45, 7) is 2.53. The summed E-state index contributed by atoms with van der Waals surface area (Å²) < 4.78 is 44.9. The van der Waals surface area contributed by atoms with Crippen molar-refractivity contribution < 1.29 is 22.7 Å². The number of hydrogen-bond acceptors (Lipinski definition) is 6. The number of carbonyl (C=O) groups excluding carboxylic acids is 1. The fraction of sp³-hybridized carbons (Fsp3) is 0.529. The van der Waals surface area contributed by atoms with Crippen molar-refractivity contribution in [2.45, 2.75) is 45.1 Å². The number of hydrogen-bond donors (Lipinski definition) is 0. The minimum Gasteiger partial charge on any atom is -0.465 e. The Kier molecular flexibility index (Phi) is 5.73. The lowest BCUT2D eigenvalue weighted by Gasteiger charge is -2.21. The molecule has 0 atom stereocenters. The molecule has 27 heavy (non-hydrogen) atoms. The molecule has 0 unspecified atom stereocenters. The molecule has 146 valence electrons. The SMILES string of the molecule is CCOC(=O)CN(Cc1ccc(C(F)(F)F)cc1)Cc1nnnn1C1CC1. The Morgan fingerprint density at radius 1 is 1.26 bits per heavy atom. The predicted octanol–water partition coefficient (Wildman–Crippen LogP) is 2.59. The lowest BCUT2D eigenvalue weighted by molar-refractivity contribution is -0.144. The van der Waals surface area contributed by atoms with Gasteiger partial charge in [-0.15, -0.1) is 5.10 Å². The molecule has 0 radical (unpaired) electrons. The van der Waals surface area contributed by atoms with Gasteiger partial charge in [0.05, 0.1) is 31.3 Å². The summed E-state index contributed by atoms with van der Waals surface area (Å²) in [5.41, 5.74) is -0.0568. The Labute approximate surface area is 154 Å². The van der Waals surface area contributed by atoms with Gasteiger partial charge in [-0.2, -0.15) is 13.2 Å². The second-order valence-electron chi connectivity index (χ2n) is 6.42. The van der Waals surface area contributed by atoms with E-state index in [4.69, 9.17) is 4.74 Å². The zero-order valence-corrected chi connectivity index (χ0v) is 14.8. The molecule has 1 fully saturated rings. The first-order valence-corrected chi connectivity index (χ1v) is 8.67. The fourth-order valence-electron chi connectivity index (χ4n) is 2.73. The van der Waals surface area contributed by atoms with Crippen molar-refractivity contribution >= 4 is 5.97 Å². The van der Waals surface area contributed by atoms with E-state index in [1.165, 1.54) is 12.1 Å². The van der Waals surface area contributed by atoms with E-state index in [0.717, 1.165) is 25.0 Å². The van der Waals surface area contributed by atoms with Gasteiger partial charge >= 0.3 is 12.1 Å². The van der Waals surface area contributed by atoms with Crippen molar-refractivity contribution in [1.82, 2.24) is 25.1 Å². The molecule has 10 heteroatoms. The first kappa shape index (κ1) is 19.3. The lowest BCUT2D eigenvalue weighted by Crippen LogP contribution is -2.31. The van der Waals surface area contributed by atoms with E-state index in [9.17, 15) is 18.0 Å². The van der Waals surface area contributed by atoms with Crippen molar-refractivity contribution in [1.29, 1.82) is 0 Å². The number of carbonyl (C=O) groups is 1. The van der Waals surface area contributed by atoms with Crippen LogP contribution in [0.1, 0.15) is 42.8 Å². The maximum absolute atomic E-state index is 12.7. The zero-order chi connectivity index (χ0) is 19.4. The Bertz CT molecular complexity index is 772. The van der Waals surface area contributed by atoms with E-state index in [1.54, 1.807) is 16.5 Å². The molecule has 1 saturated carbocycles. The van der Waals surface area contributed by atoms with Crippen LogP contribution in [0.15, 0.2) is 24.3 Å². The molecule has 7 nitrogen and oxygen atoms in total. The summed E-state index contributed by atoms with van der Waals surface area (Å²) in [7, 11) is 0. The summed E-state index contributed by atoms with van der Waals surface area (Å²) in [6, 6.07) is 5.17. The van der Waals surface area contributed by atoms with E-state index in [1.807, 2.05) is 0 Å². The topological polar surface area (TPSA) is 73.1 Å². The van der Waals surface area contributed by atoms with Gasteiger partial charge in [0.1, 0.15) is 0 Å². The van der Waals surface area contributed by atoms with Crippen LogP contribution >= 0.6 is 0 Å². The van der Waals surface area contributed by atoms with Gasteiger partial charge in [0, 0.05) is 6.54 Å². The van der Waals surface area contributed by atoms with Crippen LogP contribution in [0.2, 0.25) is 0 Å². The summed E-state index contributed by atoms with van der Waals surface area (Å²) in [5, 5.41) is 11.7. The summed E-state index contributed by atoms with van der Waals surface area (Å²) in [5.74, 6) is 0.212. The third-order valence-corrected chi connectivity index (χ3v) is 4.16. The second kappa shape index (κ2) is 8.03. The monoisotopic (exact) mass is 383 g/mol. The van der Waals surface area contributed by atoms with Crippen LogP contribution in [-0.2, 0) is 28.8 Å². The molecule has 1 aliphatic rings. The Morgan fingerprint density at radius 3 is 2.56 bits per heavy atom. The maximum atomic E-state index is 12.7. The number of ether oxygens (including phenoxy) is 1. The van der Waals surface area contributed by atoms with E-state index in [-0.39, 0.29) is 25.7 Å². The molecule has 1 aliphatic carbocycles. The number of alkyl halides is 3. The molecule has 3 rings (SSSR count). The molecule has 1 heterocycles. The average molecular weight is 383 g/mol. The number of tetrazole rings is 1. The van der Waals surface area contributed by atoms with Gasteiger partial charge in [-0.3, -0.25) is 9.69 Å². The van der Waals surface area contributed by atoms with Gasteiger partial charge in [0.25, 0.3) is 0 Å². The summed E-state index contributed by atoms with van der Waals surface area (Å²) in [4.78, 5) is 13.7. The number of esters is 1. The largest absolute Gasteiger partial charge is 0.465 e. The Balaban J connectivity index is 1.73. The van der Waals surface area contributed by atoms with Crippen molar-refractivity contribution in [2.24, 2.45) is 0 Å². The van der Waals surface area contributed by atoms with Crippen molar-refractivity contribution in [3.05, 3.63) is 41.2 Å². The first-order chi connectivity index (χ1) is 12.9. The molecule has 0 bridgehead atoms. The van der Waals surface area contributed by atoms with E-state index in [0.29, 0.717) is 17.9 Å². The van der Waals surface area contributed by atoms with Crippen LogP contribution < -0.4 is 0 Å². The molecule has 1 aromatic heterocycles. The molecule has 1 aromatic carbocycles. The molecular weight excluding hydrogens is 363 g/mol. The normalized spacial score (nSPS) is 14.6. The standard InChI is InChI=1S/C17H20F3N5O2/c1-2-27-16(26)11-24(10-15-21-22-23-25(15)14-7-8-14)9-12-3-5-13(6-4-12)17(18,19)20/h3-6,14H,2,7-11H2,1H3. The van der Waals surface area contributed by atoms with Gasteiger partial charge in [0.15, 0.2) is 5.82 Å². The van der Waals surface area contributed by atoms with Crippen molar-refractivity contribution in [3.63, 3.8) is 0 Å². The summed E-state index contributed by atoms with van der Waals surface area (Å²) in [6.07, 6.45) is -2.36. The van der Waals surface area contributed by atoms with Crippen LogP contribution in [0, 0.1) is 0 Å². The van der Waals surface area contributed by atoms with Crippen molar-refractivity contribution in [3.8, 4) is 0 Å². The number of aromatic nitrogens is 4. The van der Waals surface area contributed by atoms with Crippen molar-refractivity contribution in [2.75, 3.05) is 13.2 Å². The number of rotatable bonds is 8. The van der Waals surface area contributed by atoms with E-state index < -0.39 is 17.7 Å². The smallest absolute Gasteiger partial charge is 0.416 e. The van der Waals surface area contributed by atoms with Crippen LogP contribution in [0.25, 0.3) is 0 Å². The highest BCUT2D eigenvalue weighted by atomic mass is 19.4. The second-order valence-corrected chi connectivity index (χ2v) is 6.42. The van der Waals surface area contributed by atoms with Gasteiger partial charge < -0.3 is 4.74 Å². The highest BCUT2D eigenvalue weighted by Gasteiger charge is 2.30. The van der Waals surface area contributed by atoms with Gasteiger partial charge in [0.2, 0.25) is 0 Å². The number of benzene rings is 1. The van der Waals surface area contributed by atoms with E-state index in [2.05, 4.69) is 15.5 Å². The molecule has 0 N–H and O–H groups in total. The quantitative estimate of drug-likeness (QED) is 0.653. The van der Waals surface area contributed by atoms with Crippen LogP contribution in [0.4, 0.5) is 13.2 Å². The molecular formula is C17H20F3N5O2. The maximum Gasteiger partial charge on any atom is 0.416 e. The predicted molar refractivity (Wildman–Crippen MR) is 88.3 cm³/mol. The number of halogens is 3. The minimum atomic E-state index is -4.38. The molecule has 0 spiro atoms. The molecule has 2 aromatic rings. The minimum absolute atomic E-state index is 0.00755. The van der Waals surface area contributed by atoms with Gasteiger partial charge in [-0.25, -0.2) is 4.68 Å². The third kappa shape index (κ3) is 5.25.